The number of amides is 1. The monoisotopic (exact) mass is 386 g/mol. The Labute approximate surface area is 162 Å². The van der Waals surface area contributed by atoms with Crippen LogP contribution in [0.4, 0.5) is 4.79 Å². The summed E-state index contributed by atoms with van der Waals surface area (Å²) in [4.78, 5) is 41.5. The third kappa shape index (κ3) is 2.19. The normalized spacial score (nSPS) is 32.8. The Bertz CT molecular complexity index is 900. The van der Waals surface area contributed by atoms with Crippen LogP contribution < -0.4 is 11.1 Å². The number of nitrogens with two attached hydrogens (primary N) is 1. The summed E-state index contributed by atoms with van der Waals surface area (Å²) < 4.78 is 11.0. The molecule has 4 atom stereocenters. The third-order valence-electron chi connectivity index (χ3n) is 6.11. The largest absolute Gasteiger partial charge is 0.449 e. The minimum absolute atomic E-state index is 0.0719. The van der Waals surface area contributed by atoms with Gasteiger partial charge in [0.05, 0.1) is 29.9 Å². The number of hydrogen-bond acceptors (Lipinski definition) is 8. The van der Waals surface area contributed by atoms with Gasteiger partial charge in [-0.3, -0.25) is 9.59 Å². The van der Waals surface area contributed by atoms with Crippen LogP contribution in [0.5, 0.6) is 0 Å². The molecule has 3 aliphatic heterocycles. The molecule has 0 aromatic carbocycles. The topological polar surface area (TPSA) is 124 Å². The Kier molecular flexibility index (Phi) is 4.03. The standard InChI is InChI=1S/C19H22N4O5/c1-5-6-22(3)13-9(2)15(24)14-12(16(13)25)10(8-28-18(20)26)19(27-4)17-11(21-17)7-23(14)19/h1,10-11,17,21H,6-8H2,2-4H3,(H2,20,26)/t10-,11+,17+,19?/m0/s1. The van der Waals surface area contributed by atoms with Crippen LogP contribution in [0.2, 0.25) is 0 Å². The molecule has 28 heavy (non-hydrogen) atoms. The number of rotatable bonds is 5. The van der Waals surface area contributed by atoms with Gasteiger partial charge < -0.3 is 30.3 Å². The van der Waals surface area contributed by atoms with Crippen LogP contribution in [0.1, 0.15) is 6.92 Å². The van der Waals surface area contributed by atoms with E-state index in [1.54, 1.807) is 18.9 Å². The molecule has 0 saturated carbocycles. The maximum Gasteiger partial charge on any atom is 0.404 e. The zero-order valence-electron chi connectivity index (χ0n) is 15.9. The highest BCUT2D eigenvalue weighted by atomic mass is 16.6. The Balaban J connectivity index is 1.82. The highest BCUT2D eigenvalue weighted by Gasteiger charge is 2.72. The summed E-state index contributed by atoms with van der Waals surface area (Å²) in [6, 6.07) is 0.0835. The fourth-order valence-electron chi connectivity index (χ4n) is 4.95. The quantitative estimate of drug-likeness (QED) is 0.349. The summed E-state index contributed by atoms with van der Waals surface area (Å²) in [6.45, 7) is 2.19. The number of likely N-dealkylation sites (N-methyl/N-ethyl adjacent to an activating group) is 1. The molecule has 2 fully saturated rings. The molecule has 1 amide bonds. The summed E-state index contributed by atoms with van der Waals surface area (Å²) in [5, 5.41) is 3.32. The van der Waals surface area contributed by atoms with Crippen molar-refractivity contribution in [1.82, 2.24) is 15.1 Å². The van der Waals surface area contributed by atoms with E-state index in [-0.39, 0.29) is 42.5 Å². The first-order valence-corrected chi connectivity index (χ1v) is 8.99. The van der Waals surface area contributed by atoms with Crippen LogP contribution in [-0.2, 0) is 19.1 Å². The number of terminal acetylenes is 1. The fourth-order valence-corrected chi connectivity index (χ4v) is 4.95. The molecular weight excluding hydrogens is 364 g/mol. The molecule has 0 aromatic rings. The second-order valence-electron chi connectivity index (χ2n) is 7.45. The lowest BCUT2D eigenvalue weighted by Crippen LogP contribution is -2.55. The minimum atomic E-state index is -0.976. The predicted octanol–water partition coefficient (Wildman–Crippen LogP) is -1.04. The molecule has 2 saturated heterocycles. The van der Waals surface area contributed by atoms with E-state index >= 15 is 0 Å². The van der Waals surface area contributed by atoms with Crippen molar-refractivity contribution in [1.29, 1.82) is 0 Å². The van der Waals surface area contributed by atoms with Gasteiger partial charge in [-0.05, 0) is 6.92 Å². The second-order valence-corrected chi connectivity index (χ2v) is 7.45. The zero-order valence-corrected chi connectivity index (χ0v) is 15.9. The van der Waals surface area contributed by atoms with Crippen LogP contribution in [0.3, 0.4) is 0 Å². The van der Waals surface area contributed by atoms with E-state index in [9.17, 15) is 14.4 Å². The number of hydrogen-bond donors (Lipinski definition) is 2. The molecule has 0 bridgehead atoms. The van der Waals surface area contributed by atoms with E-state index in [4.69, 9.17) is 21.6 Å². The Morgan fingerprint density at radius 2 is 2.18 bits per heavy atom. The predicted molar refractivity (Wildman–Crippen MR) is 97.4 cm³/mol. The van der Waals surface area contributed by atoms with Crippen molar-refractivity contribution >= 4 is 17.7 Å². The number of Topliss-reactive ketones (excluding diaryl/α,β-unsaturated/α-hetero) is 2. The zero-order chi connectivity index (χ0) is 20.4. The molecule has 4 rings (SSSR count). The summed E-state index contributed by atoms with van der Waals surface area (Å²) in [7, 11) is 3.21. The first-order chi connectivity index (χ1) is 13.3. The molecule has 9 heteroatoms. The van der Waals surface area contributed by atoms with Crippen molar-refractivity contribution in [3.63, 3.8) is 0 Å². The Morgan fingerprint density at radius 3 is 2.79 bits per heavy atom. The molecule has 0 aromatic heterocycles. The van der Waals surface area contributed by atoms with E-state index in [1.165, 1.54) is 7.11 Å². The van der Waals surface area contributed by atoms with Crippen molar-refractivity contribution < 1.29 is 23.9 Å². The molecule has 1 aliphatic carbocycles. The van der Waals surface area contributed by atoms with E-state index < -0.39 is 17.7 Å². The van der Waals surface area contributed by atoms with Crippen molar-refractivity contribution in [3.05, 3.63) is 22.5 Å². The molecule has 3 heterocycles. The summed E-state index contributed by atoms with van der Waals surface area (Å²) >= 11 is 0. The number of ketones is 2. The molecule has 9 nitrogen and oxygen atoms in total. The smallest absolute Gasteiger partial charge is 0.404 e. The van der Waals surface area contributed by atoms with Crippen molar-refractivity contribution in [3.8, 4) is 12.3 Å². The highest BCUT2D eigenvalue weighted by Crippen LogP contribution is 2.55. The number of carbonyl (C=O) groups is 3. The number of nitrogens with one attached hydrogen (secondary N) is 1. The van der Waals surface area contributed by atoms with Crippen LogP contribution in [0.15, 0.2) is 22.5 Å². The van der Waals surface area contributed by atoms with Gasteiger partial charge in [0.15, 0.2) is 5.72 Å². The second kappa shape index (κ2) is 6.09. The molecule has 0 radical (unpaired) electrons. The van der Waals surface area contributed by atoms with E-state index in [0.717, 1.165) is 0 Å². The van der Waals surface area contributed by atoms with Crippen LogP contribution in [-0.4, -0.2) is 79.1 Å². The first kappa shape index (κ1) is 18.5. The van der Waals surface area contributed by atoms with Gasteiger partial charge in [-0.15, -0.1) is 6.42 Å². The lowest BCUT2D eigenvalue weighted by molar-refractivity contribution is -0.137. The average Bonchev–Trinajstić information content (AvgIpc) is 3.25. The third-order valence-corrected chi connectivity index (χ3v) is 6.11. The van der Waals surface area contributed by atoms with Gasteiger partial charge in [-0.2, -0.15) is 0 Å². The summed E-state index contributed by atoms with van der Waals surface area (Å²) in [5.41, 5.74) is 5.42. The molecular formula is C19H22N4O5. The SMILES string of the molecule is C#CCN(C)C1=C(C)C(=O)C2=C(C1=O)[C@H](COC(N)=O)C1(OC)[C@@H]3N[C@@H]3CN21. The summed E-state index contributed by atoms with van der Waals surface area (Å²) in [5.74, 6) is 1.30. The van der Waals surface area contributed by atoms with Gasteiger partial charge >= 0.3 is 6.09 Å². The van der Waals surface area contributed by atoms with Crippen molar-refractivity contribution in [2.24, 2.45) is 11.7 Å². The van der Waals surface area contributed by atoms with Gasteiger partial charge in [-0.25, -0.2) is 4.79 Å². The number of allylic oxidation sites excluding steroid dienone is 2. The van der Waals surface area contributed by atoms with Gasteiger partial charge in [0.25, 0.3) is 0 Å². The van der Waals surface area contributed by atoms with Gasteiger partial charge in [0, 0.05) is 37.9 Å². The number of ether oxygens (including phenoxy) is 2. The van der Waals surface area contributed by atoms with Gasteiger partial charge in [0.1, 0.15) is 6.61 Å². The van der Waals surface area contributed by atoms with E-state index in [1.807, 2.05) is 4.90 Å². The number of carbonyl (C=O) groups excluding carboxylic acids is 3. The van der Waals surface area contributed by atoms with Gasteiger partial charge in [0.2, 0.25) is 11.6 Å². The number of primary amides is 1. The number of nitrogens with zero attached hydrogens (tertiary/aromatic N) is 2. The average molecular weight is 386 g/mol. The summed E-state index contributed by atoms with van der Waals surface area (Å²) in [6.07, 6.45) is 4.44. The van der Waals surface area contributed by atoms with Crippen molar-refractivity contribution in [2.45, 2.75) is 24.7 Å². The Hall–Kier alpha value is -2.83. The van der Waals surface area contributed by atoms with Crippen LogP contribution in [0.25, 0.3) is 0 Å². The van der Waals surface area contributed by atoms with Gasteiger partial charge in [-0.1, -0.05) is 5.92 Å². The molecule has 148 valence electrons. The van der Waals surface area contributed by atoms with E-state index in [0.29, 0.717) is 23.4 Å². The lowest BCUT2D eigenvalue weighted by Gasteiger charge is -2.39. The lowest BCUT2D eigenvalue weighted by atomic mass is 9.82. The minimum Gasteiger partial charge on any atom is -0.449 e. The maximum atomic E-state index is 13.5. The maximum absolute atomic E-state index is 13.5. The number of methoxy groups -OCH3 is 1. The number of fused-ring (bicyclic) bond motifs is 4. The molecule has 3 N–H and O–H groups in total. The number of piperazine rings is 1. The Morgan fingerprint density at radius 1 is 1.46 bits per heavy atom. The fraction of sp³-hybridized carbons (Fsp3) is 0.526. The van der Waals surface area contributed by atoms with Crippen LogP contribution >= 0.6 is 0 Å². The first-order valence-electron chi connectivity index (χ1n) is 8.99. The molecule has 1 unspecified atom stereocenters. The molecule has 0 spiro atoms. The van der Waals surface area contributed by atoms with Crippen molar-refractivity contribution in [2.75, 3.05) is 33.9 Å². The highest BCUT2D eigenvalue weighted by molar-refractivity contribution is 6.25. The van der Waals surface area contributed by atoms with Crippen LogP contribution in [0, 0.1) is 18.3 Å². The van der Waals surface area contributed by atoms with E-state index in [2.05, 4.69) is 11.2 Å². The molecule has 4 aliphatic rings.